The quantitative estimate of drug-likeness (QED) is 0.778. The van der Waals surface area contributed by atoms with E-state index in [0.29, 0.717) is 0 Å². The molecular weight excluding hydrogens is 320 g/mol. The Labute approximate surface area is 148 Å². The Morgan fingerprint density at radius 1 is 1.25 bits per heavy atom. The van der Waals surface area contributed by atoms with E-state index in [1.54, 1.807) is 18.0 Å². The molecule has 1 amide bonds. The van der Waals surface area contributed by atoms with Crippen LogP contribution in [-0.4, -0.2) is 39.9 Å². The number of aromatic nitrogens is 2. The molecule has 130 valence electrons. The molecule has 1 aromatic heterocycles. The van der Waals surface area contributed by atoms with Gasteiger partial charge in [-0.15, -0.1) is 11.8 Å². The highest BCUT2D eigenvalue weighted by atomic mass is 32.2. The minimum absolute atomic E-state index is 0.0272. The fourth-order valence-corrected chi connectivity index (χ4v) is 2.82. The van der Waals surface area contributed by atoms with Gasteiger partial charge < -0.3 is 5.32 Å². The molecule has 5 nitrogen and oxygen atoms in total. The largest absolute Gasteiger partial charge is 0.310 e. The number of nitrogens with one attached hydrogen (secondary N) is 1. The Morgan fingerprint density at radius 3 is 2.50 bits per heavy atom. The van der Waals surface area contributed by atoms with Crippen LogP contribution in [0.5, 0.6) is 0 Å². The zero-order chi connectivity index (χ0) is 17.7. The Morgan fingerprint density at radius 2 is 1.92 bits per heavy atom. The summed E-state index contributed by atoms with van der Waals surface area (Å²) in [5.74, 6) is 0.709. The number of nitrogens with zero attached hydrogens (tertiary/aromatic N) is 3. The SMILES string of the molecule is CSc1ccc(CN(C)[C@@H](C)C(=O)Nc2ccnn2C(C)C)cc1. The minimum atomic E-state index is -0.235. The third-order valence-corrected chi connectivity index (χ3v) is 4.79. The summed E-state index contributed by atoms with van der Waals surface area (Å²) in [4.78, 5) is 15.8. The Kier molecular flexibility index (Phi) is 6.45. The average molecular weight is 347 g/mol. The summed E-state index contributed by atoms with van der Waals surface area (Å²) in [5, 5.41) is 7.22. The van der Waals surface area contributed by atoms with Crippen molar-refractivity contribution in [2.45, 2.75) is 44.3 Å². The van der Waals surface area contributed by atoms with Crippen molar-refractivity contribution in [3.05, 3.63) is 42.1 Å². The number of hydrogen-bond donors (Lipinski definition) is 1. The highest BCUT2D eigenvalue weighted by Gasteiger charge is 2.20. The topological polar surface area (TPSA) is 50.2 Å². The average Bonchev–Trinajstić information content (AvgIpc) is 3.03. The van der Waals surface area contributed by atoms with Crippen LogP contribution in [0.25, 0.3) is 0 Å². The lowest BCUT2D eigenvalue weighted by Crippen LogP contribution is -2.39. The maximum Gasteiger partial charge on any atom is 0.242 e. The predicted molar refractivity (Wildman–Crippen MR) is 100 cm³/mol. The van der Waals surface area contributed by atoms with E-state index in [1.807, 2.05) is 43.5 Å². The summed E-state index contributed by atoms with van der Waals surface area (Å²) in [5.41, 5.74) is 1.20. The molecule has 1 aromatic carbocycles. The fourth-order valence-electron chi connectivity index (χ4n) is 2.41. The van der Waals surface area contributed by atoms with Crippen LogP contribution in [0, 0.1) is 0 Å². The number of benzene rings is 1. The van der Waals surface area contributed by atoms with E-state index in [0.717, 1.165) is 12.4 Å². The van der Waals surface area contributed by atoms with Crippen LogP contribution in [0.2, 0.25) is 0 Å². The predicted octanol–water partition coefficient (Wildman–Crippen LogP) is 3.64. The van der Waals surface area contributed by atoms with Gasteiger partial charge in [-0.25, -0.2) is 4.68 Å². The summed E-state index contributed by atoms with van der Waals surface area (Å²) in [6.07, 6.45) is 3.77. The standard InChI is InChI=1S/C18H26N4OS/c1-13(2)22-17(10-11-19-22)20-18(23)14(3)21(4)12-15-6-8-16(24-5)9-7-15/h6-11,13-14H,12H2,1-5H3,(H,20,23)/t14-/m0/s1. The molecule has 0 saturated carbocycles. The van der Waals surface area contributed by atoms with Gasteiger partial charge in [0.15, 0.2) is 0 Å². The van der Waals surface area contributed by atoms with E-state index in [1.165, 1.54) is 10.5 Å². The Hall–Kier alpha value is -1.79. The molecule has 0 fully saturated rings. The van der Waals surface area contributed by atoms with Gasteiger partial charge in [-0.05, 0) is 51.8 Å². The molecule has 0 aliphatic rings. The first kappa shape index (κ1) is 18.5. The fraction of sp³-hybridized carbons (Fsp3) is 0.444. The number of carbonyl (C=O) groups is 1. The molecule has 2 rings (SSSR count). The first-order valence-electron chi connectivity index (χ1n) is 8.10. The van der Waals surface area contributed by atoms with Gasteiger partial charge in [-0.3, -0.25) is 9.69 Å². The van der Waals surface area contributed by atoms with Crippen molar-refractivity contribution >= 4 is 23.5 Å². The second-order valence-electron chi connectivity index (χ2n) is 6.18. The van der Waals surface area contributed by atoms with Crippen LogP contribution in [0.15, 0.2) is 41.4 Å². The molecule has 2 aromatic rings. The van der Waals surface area contributed by atoms with Gasteiger partial charge >= 0.3 is 0 Å². The second kappa shape index (κ2) is 8.35. The molecule has 6 heteroatoms. The summed E-state index contributed by atoms with van der Waals surface area (Å²) < 4.78 is 1.81. The van der Waals surface area contributed by atoms with Crippen molar-refractivity contribution in [2.75, 3.05) is 18.6 Å². The third kappa shape index (κ3) is 4.61. The third-order valence-electron chi connectivity index (χ3n) is 4.04. The van der Waals surface area contributed by atoms with E-state index in [9.17, 15) is 4.79 Å². The molecule has 0 spiro atoms. The maximum atomic E-state index is 12.5. The van der Waals surface area contributed by atoms with Gasteiger partial charge in [0.2, 0.25) is 5.91 Å². The number of rotatable bonds is 7. The number of carbonyl (C=O) groups excluding carboxylic acids is 1. The molecule has 0 radical (unpaired) electrons. The monoisotopic (exact) mass is 346 g/mol. The van der Waals surface area contributed by atoms with E-state index in [-0.39, 0.29) is 18.0 Å². The zero-order valence-corrected chi connectivity index (χ0v) is 15.8. The normalized spacial score (nSPS) is 12.6. The molecule has 24 heavy (non-hydrogen) atoms. The van der Waals surface area contributed by atoms with Gasteiger partial charge in [0, 0.05) is 23.5 Å². The smallest absolute Gasteiger partial charge is 0.242 e. The highest BCUT2D eigenvalue weighted by molar-refractivity contribution is 7.98. The Bertz CT molecular complexity index is 666. The number of thioether (sulfide) groups is 1. The van der Waals surface area contributed by atoms with Gasteiger partial charge in [0.25, 0.3) is 0 Å². The summed E-state index contributed by atoms with van der Waals surface area (Å²) in [6, 6.07) is 10.2. The summed E-state index contributed by atoms with van der Waals surface area (Å²) >= 11 is 1.73. The molecule has 1 atom stereocenters. The van der Waals surface area contributed by atoms with Crippen LogP contribution in [0.4, 0.5) is 5.82 Å². The zero-order valence-electron chi connectivity index (χ0n) is 15.0. The molecule has 0 aliphatic heterocycles. The molecule has 0 bridgehead atoms. The van der Waals surface area contributed by atoms with Crippen LogP contribution in [0.3, 0.4) is 0 Å². The van der Waals surface area contributed by atoms with Crippen molar-refractivity contribution in [3.8, 4) is 0 Å². The summed E-state index contributed by atoms with van der Waals surface area (Å²) in [6.45, 7) is 6.72. The van der Waals surface area contributed by atoms with Crippen molar-refractivity contribution in [3.63, 3.8) is 0 Å². The molecule has 0 saturated heterocycles. The highest BCUT2D eigenvalue weighted by Crippen LogP contribution is 2.17. The molecule has 0 unspecified atom stereocenters. The van der Waals surface area contributed by atoms with E-state index in [2.05, 4.69) is 40.9 Å². The van der Waals surface area contributed by atoms with Crippen molar-refractivity contribution in [1.82, 2.24) is 14.7 Å². The van der Waals surface area contributed by atoms with Crippen molar-refractivity contribution < 1.29 is 4.79 Å². The van der Waals surface area contributed by atoms with Crippen LogP contribution in [-0.2, 0) is 11.3 Å². The Balaban J connectivity index is 1.97. The van der Waals surface area contributed by atoms with Crippen LogP contribution >= 0.6 is 11.8 Å². The van der Waals surface area contributed by atoms with E-state index in [4.69, 9.17) is 0 Å². The second-order valence-corrected chi connectivity index (χ2v) is 7.06. The minimum Gasteiger partial charge on any atom is -0.310 e. The van der Waals surface area contributed by atoms with E-state index >= 15 is 0 Å². The lowest BCUT2D eigenvalue weighted by Gasteiger charge is -2.24. The molecule has 0 aliphatic carbocycles. The van der Waals surface area contributed by atoms with Gasteiger partial charge in [-0.2, -0.15) is 5.10 Å². The number of amides is 1. The van der Waals surface area contributed by atoms with Gasteiger partial charge in [-0.1, -0.05) is 12.1 Å². The summed E-state index contributed by atoms with van der Waals surface area (Å²) in [7, 11) is 1.96. The maximum absolute atomic E-state index is 12.5. The van der Waals surface area contributed by atoms with Crippen LogP contribution in [0.1, 0.15) is 32.4 Å². The molecule has 1 N–H and O–H groups in total. The first-order chi connectivity index (χ1) is 11.4. The van der Waals surface area contributed by atoms with Crippen molar-refractivity contribution in [2.24, 2.45) is 0 Å². The van der Waals surface area contributed by atoms with Gasteiger partial charge in [0.1, 0.15) is 5.82 Å². The molecule has 1 heterocycles. The number of hydrogen-bond acceptors (Lipinski definition) is 4. The lowest BCUT2D eigenvalue weighted by molar-refractivity contribution is -0.120. The number of likely N-dealkylation sites (N-methyl/N-ethyl adjacent to an activating group) is 1. The lowest BCUT2D eigenvalue weighted by atomic mass is 10.2. The molecular formula is C18H26N4OS. The van der Waals surface area contributed by atoms with Crippen molar-refractivity contribution in [1.29, 1.82) is 0 Å². The van der Waals surface area contributed by atoms with Gasteiger partial charge in [0.05, 0.1) is 12.2 Å². The first-order valence-corrected chi connectivity index (χ1v) is 9.32. The van der Waals surface area contributed by atoms with Crippen LogP contribution < -0.4 is 5.32 Å². The van der Waals surface area contributed by atoms with E-state index < -0.39 is 0 Å². The number of anilines is 1.